The number of fused-ring (bicyclic) bond motifs is 1. The summed E-state index contributed by atoms with van der Waals surface area (Å²) in [6.45, 7) is 4.41. The van der Waals surface area contributed by atoms with E-state index in [-0.39, 0.29) is 11.2 Å². The molecule has 0 saturated carbocycles. The fourth-order valence-electron chi connectivity index (χ4n) is 3.08. The minimum absolute atomic E-state index is 0.0763. The van der Waals surface area contributed by atoms with Crippen LogP contribution in [0.5, 0.6) is 0 Å². The van der Waals surface area contributed by atoms with E-state index in [0.29, 0.717) is 5.56 Å². The molecule has 21 heavy (non-hydrogen) atoms. The Bertz CT molecular complexity index is 754. The summed E-state index contributed by atoms with van der Waals surface area (Å²) in [6.07, 6.45) is 3.88. The maximum Gasteiger partial charge on any atom is 0.209 e. The predicted molar refractivity (Wildman–Crippen MR) is 85.8 cm³/mol. The van der Waals surface area contributed by atoms with Gasteiger partial charge in [-0.3, -0.25) is 0 Å². The predicted octanol–water partition coefficient (Wildman–Crippen LogP) is 4.55. The highest BCUT2D eigenvalue weighted by molar-refractivity contribution is 6.05. The Morgan fingerprint density at radius 3 is 2.33 bits per heavy atom. The van der Waals surface area contributed by atoms with E-state index in [1.54, 1.807) is 12.1 Å². The largest absolute Gasteiger partial charge is 0.209 e. The lowest BCUT2D eigenvalue weighted by Crippen LogP contribution is -2.26. The monoisotopic (exact) mass is 280 g/mol. The number of hydrogen-bond acceptors (Lipinski definition) is 0. The third-order valence-electron chi connectivity index (χ3n) is 4.27. The zero-order chi connectivity index (χ0) is 15.0. The molecule has 0 aliphatic carbocycles. The van der Waals surface area contributed by atoms with Crippen molar-refractivity contribution in [3.05, 3.63) is 71.6 Å². The molecule has 0 unspecified atom stereocenters. The lowest BCUT2D eigenvalue weighted by atomic mass is 9.81. The van der Waals surface area contributed by atoms with Crippen LogP contribution in [0.1, 0.15) is 25.0 Å². The Morgan fingerprint density at radius 2 is 1.62 bits per heavy atom. The summed E-state index contributed by atoms with van der Waals surface area (Å²) in [6, 6.07) is 15.3. The molecule has 106 valence electrons. The molecular weight excluding hydrogens is 261 g/mol. The zero-order valence-corrected chi connectivity index (χ0v) is 12.6. The van der Waals surface area contributed by atoms with Crippen molar-refractivity contribution in [3.8, 4) is 0 Å². The standard InChI is InChI=1S/C19H19FN/c1-19(2)15-9-5-7-11-17(15)21(3)18(19)13-12-14-8-4-6-10-16(14)20/h4-13H,1-3H3/q+1/b13-12+. The van der Waals surface area contributed by atoms with Crippen LogP contribution >= 0.6 is 0 Å². The molecule has 0 spiro atoms. The summed E-state index contributed by atoms with van der Waals surface area (Å²) in [7, 11) is 2.06. The van der Waals surface area contributed by atoms with E-state index in [9.17, 15) is 4.39 Å². The molecule has 0 aromatic heterocycles. The van der Waals surface area contributed by atoms with E-state index in [2.05, 4.69) is 49.7 Å². The quantitative estimate of drug-likeness (QED) is 0.710. The molecule has 1 aliphatic heterocycles. The normalized spacial score (nSPS) is 16.6. The van der Waals surface area contributed by atoms with E-state index < -0.39 is 0 Å². The highest BCUT2D eigenvalue weighted by atomic mass is 19.1. The Morgan fingerprint density at radius 1 is 0.952 bits per heavy atom. The Labute approximate surface area is 125 Å². The number of nitrogens with zero attached hydrogens (tertiary/aromatic N) is 1. The number of hydrogen-bond donors (Lipinski definition) is 0. The molecule has 2 aromatic carbocycles. The van der Waals surface area contributed by atoms with Crippen molar-refractivity contribution >= 4 is 17.5 Å². The van der Waals surface area contributed by atoms with Gasteiger partial charge in [-0.15, -0.1) is 0 Å². The lowest BCUT2D eigenvalue weighted by molar-refractivity contribution is -0.401. The molecule has 1 nitrogen and oxygen atoms in total. The third kappa shape index (κ3) is 2.21. The molecule has 0 amide bonds. The van der Waals surface area contributed by atoms with Crippen LogP contribution in [-0.2, 0) is 5.41 Å². The molecule has 0 radical (unpaired) electrons. The first kappa shape index (κ1) is 13.7. The topological polar surface area (TPSA) is 3.01 Å². The van der Waals surface area contributed by atoms with Gasteiger partial charge in [0.15, 0.2) is 5.71 Å². The van der Waals surface area contributed by atoms with Gasteiger partial charge in [0.2, 0.25) is 5.69 Å². The van der Waals surface area contributed by atoms with Gasteiger partial charge >= 0.3 is 0 Å². The van der Waals surface area contributed by atoms with Gasteiger partial charge in [0.05, 0.1) is 5.41 Å². The van der Waals surface area contributed by atoms with E-state index in [0.717, 1.165) is 0 Å². The van der Waals surface area contributed by atoms with Crippen LogP contribution in [0, 0.1) is 5.82 Å². The van der Waals surface area contributed by atoms with Crippen molar-refractivity contribution in [3.63, 3.8) is 0 Å². The molecule has 0 saturated heterocycles. The summed E-state index contributed by atoms with van der Waals surface area (Å²) >= 11 is 0. The maximum atomic E-state index is 13.7. The van der Waals surface area contributed by atoms with Crippen molar-refractivity contribution in [2.75, 3.05) is 7.05 Å². The first-order valence-electron chi connectivity index (χ1n) is 7.15. The molecule has 2 heteroatoms. The first-order valence-corrected chi connectivity index (χ1v) is 7.15. The molecule has 3 rings (SSSR count). The van der Waals surface area contributed by atoms with Crippen LogP contribution in [-0.4, -0.2) is 17.3 Å². The van der Waals surface area contributed by atoms with Gasteiger partial charge in [0.25, 0.3) is 0 Å². The van der Waals surface area contributed by atoms with Crippen molar-refractivity contribution in [2.24, 2.45) is 0 Å². The number of rotatable bonds is 2. The van der Waals surface area contributed by atoms with Crippen molar-refractivity contribution < 1.29 is 8.97 Å². The molecule has 1 aliphatic rings. The van der Waals surface area contributed by atoms with Crippen molar-refractivity contribution in [2.45, 2.75) is 19.3 Å². The fraction of sp³-hybridized carbons (Fsp3) is 0.211. The summed E-state index contributed by atoms with van der Waals surface area (Å²) in [5.41, 5.74) is 4.24. The van der Waals surface area contributed by atoms with Gasteiger partial charge in [0.1, 0.15) is 12.9 Å². The fourth-order valence-corrected chi connectivity index (χ4v) is 3.08. The average molecular weight is 280 g/mol. The van der Waals surface area contributed by atoms with E-state index in [1.165, 1.54) is 23.0 Å². The first-order chi connectivity index (χ1) is 10.0. The Kier molecular flexibility index (Phi) is 3.25. The lowest BCUT2D eigenvalue weighted by Gasteiger charge is -2.15. The molecule has 0 N–H and O–H groups in total. The minimum atomic E-state index is -0.190. The van der Waals surface area contributed by atoms with Crippen LogP contribution in [0.15, 0.2) is 54.6 Å². The van der Waals surface area contributed by atoms with Crippen LogP contribution in [0.3, 0.4) is 0 Å². The molecule has 0 atom stereocenters. The van der Waals surface area contributed by atoms with Crippen molar-refractivity contribution in [1.29, 1.82) is 0 Å². The number of benzene rings is 2. The summed E-state index contributed by atoms with van der Waals surface area (Å²) in [5.74, 6) is -0.190. The van der Waals surface area contributed by atoms with Crippen LogP contribution in [0.25, 0.3) is 6.08 Å². The van der Waals surface area contributed by atoms with E-state index in [1.807, 2.05) is 18.2 Å². The molecule has 0 fully saturated rings. The van der Waals surface area contributed by atoms with Gasteiger partial charge < -0.3 is 0 Å². The third-order valence-corrected chi connectivity index (χ3v) is 4.27. The van der Waals surface area contributed by atoms with E-state index >= 15 is 0 Å². The van der Waals surface area contributed by atoms with Crippen molar-refractivity contribution in [1.82, 2.24) is 0 Å². The number of halogens is 1. The second-order valence-electron chi connectivity index (χ2n) is 5.94. The summed E-state index contributed by atoms with van der Waals surface area (Å²) in [4.78, 5) is 0. The highest BCUT2D eigenvalue weighted by Gasteiger charge is 2.42. The van der Waals surface area contributed by atoms with Gasteiger partial charge in [0, 0.05) is 23.3 Å². The van der Waals surface area contributed by atoms with E-state index in [4.69, 9.17) is 0 Å². The van der Waals surface area contributed by atoms with Gasteiger partial charge in [-0.05, 0) is 26.0 Å². The van der Waals surface area contributed by atoms with Gasteiger partial charge in [-0.25, -0.2) is 4.39 Å². The van der Waals surface area contributed by atoms with Crippen LogP contribution < -0.4 is 0 Å². The second kappa shape index (κ2) is 4.96. The maximum absolute atomic E-state index is 13.7. The summed E-state index contributed by atoms with van der Waals surface area (Å²) in [5, 5.41) is 0. The molecule has 0 bridgehead atoms. The highest BCUT2D eigenvalue weighted by Crippen LogP contribution is 2.39. The minimum Gasteiger partial charge on any atom is -0.206 e. The average Bonchev–Trinajstić information content (AvgIpc) is 2.67. The van der Waals surface area contributed by atoms with Crippen LogP contribution in [0.2, 0.25) is 0 Å². The zero-order valence-electron chi connectivity index (χ0n) is 12.6. The smallest absolute Gasteiger partial charge is 0.206 e. The van der Waals surface area contributed by atoms with Gasteiger partial charge in [-0.2, -0.15) is 4.58 Å². The second-order valence-corrected chi connectivity index (χ2v) is 5.94. The molecule has 2 aromatic rings. The van der Waals surface area contributed by atoms with Gasteiger partial charge in [-0.1, -0.05) is 36.4 Å². The molecule has 1 heterocycles. The Hall–Kier alpha value is -2.22. The molecular formula is C19H19FN+. The van der Waals surface area contributed by atoms with Crippen LogP contribution in [0.4, 0.5) is 10.1 Å². The number of allylic oxidation sites excluding steroid dienone is 1. The summed E-state index contributed by atoms with van der Waals surface area (Å²) < 4.78 is 15.9. The Balaban J connectivity index is 2.04. The number of para-hydroxylation sites is 1. The SMILES string of the molecule is C[N+]1=C(/C=C/c2ccccc2F)C(C)(C)c2ccccc21.